The second-order valence-corrected chi connectivity index (χ2v) is 8.00. The highest BCUT2D eigenvalue weighted by Gasteiger charge is 2.09. The van der Waals surface area contributed by atoms with Crippen molar-refractivity contribution in [2.24, 2.45) is 0 Å². The number of anilines is 1. The molecule has 144 valence electrons. The zero-order valence-electron chi connectivity index (χ0n) is 15.0. The number of benzene rings is 1. The number of halogens is 2. The van der Waals surface area contributed by atoms with Crippen molar-refractivity contribution in [2.75, 3.05) is 11.1 Å². The topological polar surface area (TPSA) is 64.0 Å². The molecule has 0 saturated heterocycles. The van der Waals surface area contributed by atoms with Gasteiger partial charge >= 0.3 is 0 Å². The largest absolute Gasteiger partial charge is 0.321 e. The molecule has 0 spiro atoms. The predicted octanol–water partition coefficient (Wildman–Crippen LogP) is 4.96. The Kier molecular flexibility index (Phi) is 6.78. The number of carbonyl (C=O) groups is 1. The van der Waals surface area contributed by atoms with Crippen LogP contribution >= 0.6 is 35.0 Å². The van der Waals surface area contributed by atoms with Gasteiger partial charge in [0, 0.05) is 18.5 Å². The van der Waals surface area contributed by atoms with E-state index in [0.717, 1.165) is 16.3 Å². The summed E-state index contributed by atoms with van der Waals surface area (Å²) in [7, 11) is 0. The van der Waals surface area contributed by atoms with Gasteiger partial charge in [-0.05, 0) is 41.6 Å². The minimum absolute atomic E-state index is 0.188. The molecule has 0 saturated carbocycles. The van der Waals surface area contributed by atoms with Crippen LogP contribution < -0.4 is 10.9 Å². The fourth-order valence-corrected chi connectivity index (χ4v) is 3.42. The normalized spacial score (nSPS) is 10.7. The molecule has 1 amide bonds. The molecular weight excluding hydrogens is 417 g/mol. The second kappa shape index (κ2) is 9.28. The maximum absolute atomic E-state index is 12.4. The lowest BCUT2D eigenvalue weighted by Crippen LogP contribution is -2.21. The van der Waals surface area contributed by atoms with E-state index in [0.29, 0.717) is 27.8 Å². The first-order valence-electron chi connectivity index (χ1n) is 8.51. The first-order valence-corrected chi connectivity index (χ1v) is 10.2. The fraction of sp³-hybridized carbons (Fsp3) is 0.150. The highest BCUT2D eigenvalue weighted by Crippen LogP contribution is 2.23. The second-order valence-electron chi connectivity index (χ2n) is 5.90. The Morgan fingerprint density at radius 1 is 1.14 bits per heavy atom. The van der Waals surface area contributed by atoms with Crippen LogP contribution in [-0.4, -0.2) is 21.2 Å². The average molecular weight is 434 g/mol. The van der Waals surface area contributed by atoms with Gasteiger partial charge in [-0.25, -0.2) is 4.98 Å². The number of hydrogen-bond acceptors (Lipinski definition) is 4. The lowest BCUT2D eigenvalue weighted by atomic mass is 10.2. The van der Waals surface area contributed by atoms with Gasteiger partial charge in [0.25, 0.3) is 11.5 Å². The van der Waals surface area contributed by atoms with E-state index in [-0.39, 0.29) is 11.5 Å². The predicted molar refractivity (Wildman–Crippen MR) is 115 cm³/mol. The van der Waals surface area contributed by atoms with Crippen molar-refractivity contribution in [3.63, 3.8) is 0 Å². The van der Waals surface area contributed by atoms with Crippen LogP contribution in [0.1, 0.15) is 22.8 Å². The number of amides is 1. The number of thioether (sulfide) groups is 1. The smallest absolute Gasteiger partial charge is 0.257 e. The van der Waals surface area contributed by atoms with E-state index < -0.39 is 0 Å². The van der Waals surface area contributed by atoms with Crippen LogP contribution in [0.2, 0.25) is 10.0 Å². The van der Waals surface area contributed by atoms with Crippen LogP contribution in [0.3, 0.4) is 0 Å². The quantitative estimate of drug-likeness (QED) is 0.557. The summed E-state index contributed by atoms with van der Waals surface area (Å²) in [5.41, 5.74) is 1.60. The van der Waals surface area contributed by atoms with Crippen molar-refractivity contribution in [1.82, 2.24) is 9.55 Å². The van der Waals surface area contributed by atoms with E-state index in [1.54, 1.807) is 54.5 Å². The molecule has 8 heteroatoms. The average Bonchev–Trinajstić information content (AvgIpc) is 2.68. The Hall–Kier alpha value is -2.28. The van der Waals surface area contributed by atoms with E-state index in [1.807, 2.05) is 13.0 Å². The van der Waals surface area contributed by atoms with Crippen molar-refractivity contribution in [2.45, 2.75) is 18.5 Å². The molecule has 5 nitrogen and oxygen atoms in total. The molecule has 3 rings (SSSR count). The van der Waals surface area contributed by atoms with E-state index in [9.17, 15) is 9.59 Å². The third-order valence-corrected chi connectivity index (χ3v) is 5.43. The van der Waals surface area contributed by atoms with Crippen molar-refractivity contribution >= 4 is 46.6 Å². The monoisotopic (exact) mass is 433 g/mol. The third-order valence-electron chi connectivity index (χ3n) is 3.87. The number of carbonyl (C=O) groups excluding carboxylic acids is 1. The summed E-state index contributed by atoms with van der Waals surface area (Å²) in [4.78, 5) is 28.9. The summed E-state index contributed by atoms with van der Waals surface area (Å²) in [5.74, 6) is 0.624. The first-order chi connectivity index (χ1) is 13.5. The molecule has 0 aliphatic heterocycles. The van der Waals surface area contributed by atoms with Crippen LogP contribution in [-0.2, 0) is 6.54 Å². The van der Waals surface area contributed by atoms with Gasteiger partial charge in [-0.2, -0.15) is 0 Å². The van der Waals surface area contributed by atoms with E-state index in [2.05, 4.69) is 10.3 Å². The van der Waals surface area contributed by atoms with Crippen LogP contribution in [0, 0.1) is 0 Å². The van der Waals surface area contributed by atoms with Crippen molar-refractivity contribution in [1.29, 1.82) is 0 Å². The number of aromatic nitrogens is 2. The molecule has 0 aliphatic carbocycles. The molecule has 0 bridgehead atoms. The number of nitrogens with zero attached hydrogens (tertiary/aromatic N) is 2. The fourth-order valence-electron chi connectivity index (χ4n) is 2.51. The van der Waals surface area contributed by atoms with Gasteiger partial charge in [-0.1, -0.05) is 36.2 Å². The van der Waals surface area contributed by atoms with Gasteiger partial charge in [0.05, 0.1) is 32.9 Å². The number of pyridine rings is 2. The van der Waals surface area contributed by atoms with Gasteiger partial charge in [0.2, 0.25) is 0 Å². The Balaban J connectivity index is 1.76. The molecule has 0 aliphatic rings. The minimum Gasteiger partial charge on any atom is -0.321 e. The zero-order valence-corrected chi connectivity index (χ0v) is 17.3. The molecule has 2 aromatic heterocycles. The Bertz CT molecular complexity index is 1050. The zero-order chi connectivity index (χ0) is 20.1. The van der Waals surface area contributed by atoms with E-state index >= 15 is 0 Å². The molecule has 0 fully saturated rings. The Labute approximate surface area is 176 Å². The summed E-state index contributed by atoms with van der Waals surface area (Å²) in [6.07, 6.45) is 3.14. The Morgan fingerprint density at radius 3 is 2.64 bits per heavy atom. The van der Waals surface area contributed by atoms with Gasteiger partial charge < -0.3 is 9.88 Å². The number of hydrogen-bond donors (Lipinski definition) is 1. The number of rotatable bonds is 6. The molecule has 0 atom stereocenters. The standard InChI is InChI=1S/C20H17Cl2N3O2S/c1-2-28-18-7-4-14(10-23-18)20(27)24-15-5-8-19(26)25(12-15)11-13-3-6-16(21)17(22)9-13/h3-10,12H,2,11H2,1H3,(H,24,27). The lowest BCUT2D eigenvalue weighted by molar-refractivity contribution is 0.102. The molecule has 0 unspecified atom stereocenters. The van der Waals surface area contributed by atoms with Crippen LogP contribution in [0.5, 0.6) is 0 Å². The molecular formula is C20H17Cl2N3O2S. The van der Waals surface area contributed by atoms with Crippen LogP contribution in [0.25, 0.3) is 0 Å². The summed E-state index contributed by atoms with van der Waals surface area (Å²) < 4.78 is 1.49. The van der Waals surface area contributed by atoms with Gasteiger partial charge in [-0.3, -0.25) is 9.59 Å². The molecule has 0 radical (unpaired) electrons. The third kappa shape index (κ3) is 5.16. The SMILES string of the molecule is CCSc1ccc(C(=O)Nc2ccc(=O)n(Cc3ccc(Cl)c(Cl)c3)c2)cn1. The highest BCUT2D eigenvalue weighted by molar-refractivity contribution is 7.99. The molecule has 2 heterocycles. The number of nitrogens with one attached hydrogen (secondary N) is 1. The Morgan fingerprint density at radius 2 is 1.96 bits per heavy atom. The molecule has 1 N–H and O–H groups in total. The molecule has 28 heavy (non-hydrogen) atoms. The summed E-state index contributed by atoms with van der Waals surface area (Å²) >= 11 is 13.6. The first kappa shape index (κ1) is 20.5. The summed E-state index contributed by atoms with van der Waals surface area (Å²) in [6, 6.07) is 11.7. The summed E-state index contributed by atoms with van der Waals surface area (Å²) in [6.45, 7) is 2.35. The van der Waals surface area contributed by atoms with Crippen molar-refractivity contribution < 1.29 is 4.79 Å². The molecule has 1 aromatic carbocycles. The maximum Gasteiger partial charge on any atom is 0.257 e. The van der Waals surface area contributed by atoms with Gasteiger partial charge in [-0.15, -0.1) is 11.8 Å². The van der Waals surface area contributed by atoms with Crippen molar-refractivity contribution in [3.8, 4) is 0 Å². The highest BCUT2D eigenvalue weighted by atomic mass is 35.5. The maximum atomic E-state index is 12.4. The van der Waals surface area contributed by atoms with Gasteiger partial charge in [0.1, 0.15) is 0 Å². The van der Waals surface area contributed by atoms with Gasteiger partial charge in [0.15, 0.2) is 0 Å². The molecule has 3 aromatic rings. The van der Waals surface area contributed by atoms with E-state index in [4.69, 9.17) is 23.2 Å². The van der Waals surface area contributed by atoms with E-state index in [1.165, 1.54) is 10.6 Å². The lowest BCUT2D eigenvalue weighted by Gasteiger charge is -2.10. The minimum atomic E-state index is -0.291. The summed E-state index contributed by atoms with van der Waals surface area (Å²) in [5, 5.41) is 4.54. The van der Waals surface area contributed by atoms with Crippen LogP contribution in [0.4, 0.5) is 5.69 Å². The van der Waals surface area contributed by atoms with Crippen molar-refractivity contribution in [3.05, 3.63) is 86.4 Å². The van der Waals surface area contributed by atoms with Crippen LogP contribution in [0.15, 0.2) is 64.7 Å².